The molecule has 3 rings (SSSR count). The predicted molar refractivity (Wildman–Crippen MR) is 73.8 cm³/mol. The van der Waals surface area contributed by atoms with Crippen LogP contribution in [-0.2, 0) is 6.61 Å². The Morgan fingerprint density at radius 3 is 2.67 bits per heavy atom. The van der Waals surface area contributed by atoms with Crippen molar-refractivity contribution in [1.29, 1.82) is 0 Å². The van der Waals surface area contributed by atoms with E-state index in [1.165, 1.54) is 10.9 Å². The third kappa shape index (κ3) is 2.23. The van der Waals surface area contributed by atoms with Crippen molar-refractivity contribution in [2.75, 3.05) is 0 Å². The lowest BCUT2D eigenvalue weighted by molar-refractivity contribution is 0.302. The molecule has 18 heavy (non-hydrogen) atoms. The summed E-state index contributed by atoms with van der Waals surface area (Å²) in [6.07, 6.45) is 0. The summed E-state index contributed by atoms with van der Waals surface area (Å²) in [6.45, 7) is 2.67. The summed E-state index contributed by atoms with van der Waals surface area (Å²) in [6, 6.07) is 18.4. The van der Waals surface area contributed by atoms with Crippen LogP contribution < -0.4 is 4.74 Å². The van der Waals surface area contributed by atoms with E-state index in [4.69, 9.17) is 4.74 Å². The number of aromatic amines is 1. The number of rotatable bonds is 3. The van der Waals surface area contributed by atoms with Crippen LogP contribution in [0.5, 0.6) is 5.75 Å². The summed E-state index contributed by atoms with van der Waals surface area (Å²) in [4.78, 5) is 3.37. The number of H-pyrrole nitrogens is 1. The highest BCUT2D eigenvalue weighted by Gasteiger charge is 2.01. The molecular weight excluding hydrogens is 222 g/mol. The first-order valence-corrected chi connectivity index (χ1v) is 6.07. The van der Waals surface area contributed by atoms with Crippen LogP contribution in [0.4, 0.5) is 0 Å². The van der Waals surface area contributed by atoms with Crippen molar-refractivity contribution in [2.45, 2.75) is 13.5 Å². The quantitative estimate of drug-likeness (QED) is 0.730. The first-order chi connectivity index (χ1) is 8.81. The molecule has 0 amide bonds. The predicted octanol–water partition coefficient (Wildman–Crippen LogP) is 4.06. The molecule has 2 nitrogen and oxygen atoms in total. The van der Waals surface area contributed by atoms with Crippen molar-refractivity contribution >= 4 is 10.9 Å². The van der Waals surface area contributed by atoms with Crippen LogP contribution in [0.25, 0.3) is 10.9 Å². The maximum Gasteiger partial charge on any atom is 0.128 e. The number of aryl methyl sites for hydroxylation is 1. The van der Waals surface area contributed by atoms with Crippen LogP contribution in [0.3, 0.4) is 0 Å². The van der Waals surface area contributed by atoms with Gasteiger partial charge in [-0.05, 0) is 37.3 Å². The van der Waals surface area contributed by atoms with Gasteiger partial charge in [0.2, 0.25) is 0 Å². The number of hydrogen-bond donors (Lipinski definition) is 1. The molecule has 0 spiro atoms. The number of aromatic nitrogens is 1. The molecule has 2 heteroatoms. The molecule has 0 bridgehead atoms. The molecule has 1 heterocycles. The third-order valence-corrected chi connectivity index (χ3v) is 2.97. The standard InChI is InChI=1S/C16H15NO/c1-12-7-8-16-13(9-12)10-14(17-16)11-18-15-5-3-2-4-6-15/h2-10,17H,11H2,1H3. The minimum atomic E-state index is 0.567. The van der Waals surface area contributed by atoms with E-state index in [2.05, 4.69) is 36.2 Å². The molecule has 3 aromatic rings. The molecule has 0 saturated heterocycles. The van der Waals surface area contributed by atoms with Crippen LogP contribution in [0.2, 0.25) is 0 Å². The minimum absolute atomic E-state index is 0.567. The van der Waals surface area contributed by atoms with E-state index in [1.54, 1.807) is 0 Å². The van der Waals surface area contributed by atoms with Gasteiger partial charge in [0.25, 0.3) is 0 Å². The van der Waals surface area contributed by atoms with Gasteiger partial charge in [-0.3, -0.25) is 0 Å². The van der Waals surface area contributed by atoms with Gasteiger partial charge in [-0.2, -0.15) is 0 Å². The lowest BCUT2D eigenvalue weighted by Crippen LogP contribution is -1.94. The monoisotopic (exact) mass is 237 g/mol. The Morgan fingerprint density at radius 2 is 1.83 bits per heavy atom. The highest BCUT2D eigenvalue weighted by Crippen LogP contribution is 2.18. The van der Waals surface area contributed by atoms with E-state index in [1.807, 2.05) is 30.3 Å². The molecule has 2 aromatic carbocycles. The van der Waals surface area contributed by atoms with Gasteiger partial charge in [0.1, 0.15) is 12.4 Å². The lowest BCUT2D eigenvalue weighted by atomic mass is 10.2. The number of benzene rings is 2. The van der Waals surface area contributed by atoms with Crippen LogP contribution in [0, 0.1) is 6.92 Å². The summed E-state index contributed by atoms with van der Waals surface area (Å²) in [7, 11) is 0. The SMILES string of the molecule is Cc1ccc2[nH]c(COc3ccccc3)cc2c1. The Bertz CT molecular complexity index is 655. The Kier molecular flexibility index (Phi) is 2.77. The maximum absolute atomic E-state index is 5.72. The van der Waals surface area contributed by atoms with Gasteiger partial charge < -0.3 is 9.72 Å². The van der Waals surface area contributed by atoms with E-state index in [0.29, 0.717) is 6.61 Å². The zero-order valence-corrected chi connectivity index (χ0v) is 10.3. The smallest absolute Gasteiger partial charge is 0.128 e. The van der Waals surface area contributed by atoms with Crippen molar-refractivity contribution in [3.8, 4) is 5.75 Å². The minimum Gasteiger partial charge on any atom is -0.487 e. The van der Waals surface area contributed by atoms with E-state index in [0.717, 1.165) is 17.0 Å². The van der Waals surface area contributed by atoms with Gasteiger partial charge in [-0.15, -0.1) is 0 Å². The van der Waals surface area contributed by atoms with Crippen LogP contribution in [0.15, 0.2) is 54.6 Å². The fourth-order valence-electron chi connectivity index (χ4n) is 2.07. The van der Waals surface area contributed by atoms with Crippen molar-refractivity contribution in [3.05, 3.63) is 65.9 Å². The van der Waals surface area contributed by atoms with Crippen LogP contribution in [0.1, 0.15) is 11.3 Å². The maximum atomic E-state index is 5.72. The van der Waals surface area contributed by atoms with E-state index in [9.17, 15) is 0 Å². The highest BCUT2D eigenvalue weighted by atomic mass is 16.5. The lowest BCUT2D eigenvalue weighted by Gasteiger charge is -2.03. The topological polar surface area (TPSA) is 25.0 Å². The molecule has 0 atom stereocenters. The number of fused-ring (bicyclic) bond motifs is 1. The number of hydrogen-bond acceptors (Lipinski definition) is 1. The molecule has 0 unspecified atom stereocenters. The Balaban J connectivity index is 1.79. The van der Waals surface area contributed by atoms with Crippen LogP contribution >= 0.6 is 0 Å². The molecule has 0 radical (unpaired) electrons. The zero-order valence-electron chi connectivity index (χ0n) is 10.3. The third-order valence-electron chi connectivity index (χ3n) is 2.97. The highest BCUT2D eigenvalue weighted by molar-refractivity contribution is 5.81. The van der Waals surface area contributed by atoms with Crippen molar-refractivity contribution in [2.24, 2.45) is 0 Å². The number of nitrogens with one attached hydrogen (secondary N) is 1. The summed E-state index contributed by atoms with van der Waals surface area (Å²) >= 11 is 0. The van der Waals surface area contributed by atoms with Gasteiger partial charge in [-0.1, -0.05) is 29.8 Å². The molecule has 0 fully saturated rings. The molecule has 1 aromatic heterocycles. The van der Waals surface area contributed by atoms with Gasteiger partial charge >= 0.3 is 0 Å². The average Bonchev–Trinajstić information content (AvgIpc) is 2.79. The Morgan fingerprint density at radius 1 is 1.00 bits per heavy atom. The van der Waals surface area contributed by atoms with E-state index >= 15 is 0 Å². The number of ether oxygens (including phenoxy) is 1. The molecule has 0 saturated carbocycles. The summed E-state index contributed by atoms with van der Waals surface area (Å²) in [5, 5.41) is 1.24. The van der Waals surface area contributed by atoms with Crippen LogP contribution in [-0.4, -0.2) is 4.98 Å². The molecular formula is C16H15NO. The summed E-state index contributed by atoms with van der Waals surface area (Å²) < 4.78 is 5.72. The van der Waals surface area contributed by atoms with E-state index in [-0.39, 0.29) is 0 Å². The number of para-hydroxylation sites is 1. The second-order valence-corrected chi connectivity index (χ2v) is 4.49. The van der Waals surface area contributed by atoms with Crippen molar-refractivity contribution in [1.82, 2.24) is 4.98 Å². The molecule has 0 aliphatic carbocycles. The second-order valence-electron chi connectivity index (χ2n) is 4.49. The first-order valence-electron chi connectivity index (χ1n) is 6.07. The molecule has 0 aliphatic heterocycles. The Labute approximate surface area is 106 Å². The normalized spacial score (nSPS) is 10.7. The van der Waals surface area contributed by atoms with Gasteiger partial charge in [0.05, 0.1) is 5.69 Å². The first kappa shape index (κ1) is 10.9. The van der Waals surface area contributed by atoms with Gasteiger partial charge in [0.15, 0.2) is 0 Å². The summed E-state index contributed by atoms with van der Waals surface area (Å²) in [5.41, 5.74) is 3.53. The zero-order chi connectivity index (χ0) is 12.4. The largest absolute Gasteiger partial charge is 0.487 e. The fraction of sp³-hybridized carbons (Fsp3) is 0.125. The van der Waals surface area contributed by atoms with Crippen molar-refractivity contribution < 1.29 is 4.74 Å². The van der Waals surface area contributed by atoms with Gasteiger partial charge in [-0.25, -0.2) is 0 Å². The van der Waals surface area contributed by atoms with Crippen molar-refractivity contribution in [3.63, 3.8) is 0 Å². The van der Waals surface area contributed by atoms with E-state index < -0.39 is 0 Å². The molecule has 1 N–H and O–H groups in total. The summed E-state index contributed by atoms with van der Waals surface area (Å²) in [5.74, 6) is 0.896. The fourth-order valence-corrected chi connectivity index (χ4v) is 2.07. The molecule has 0 aliphatic rings. The average molecular weight is 237 g/mol. The van der Waals surface area contributed by atoms with Gasteiger partial charge in [0, 0.05) is 10.9 Å². The molecule has 90 valence electrons. The Hall–Kier alpha value is -2.22. The second kappa shape index (κ2) is 4.57.